The Balaban J connectivity index is 1.97. The highest BCUT2D eigenvalue weighted by molar-refractivity contribution is 8.00. The van der Waals surface area contributed by atoms with E-state index in [1.54, 1.807) is 30.0 Å². The summed E-state index contributed by atoms with van der Waals surface area (Å²) in [6, 6.07) is 3.65. The van der Waals surface area contributed by atoms with Crippen molar-refractivity contribution in [2.45, 2.75) is 23.9 Å². The first-order valence-corrected chi connectivity index (χ1v) is 6.92. The normalized spacial score (nSPS) is 12.1. The number of tetrazole rings is 1. The van der Waals surface area contributed by atoms with E-state index < -0.39 is 0 Å². The second kappa shape index (κ2) is 6.90. The molecule has 2 rings (SSSR count). The molecule has 8 heteroatoms. The van der Waals surface area contributed by atoms with E-state index >= 15 is 0 Å². The molecule has 0 aliphatic carbocycles. The van der Waals surface area contributed by atoms with E-state index in [2.05, 4.69) is 27.4 Å². The highest BCUT2D eigenvalue weighted by Gasteiger charge is 2.18. The van der Waals surface area contributed by atoms with Gasteiger partial charge in [0.05, 0.1) is 11.5 Å². The van der Waals surface area contributed by atoms with E-state index in [-0.39, 0.29) is 11.2 Å². The number of furan rings is 1. The highest BCUT2D eigenvalue weighted by Crippen LogP contribution is 2.20. The highest BCUT2D eigenvalue weighted by atomic mass is 32.2. The fourth-order valence-electron chi connectivity index (χ4n) is 1.46. The molecule has 0 aromatic carbocycles. The zero-order valence-electron chi connectivity index (χ0n) is 11.0. The van der Waals surface area contributed by atoms with Gasteiger partial charge in [0.1, 0.15) is 12.3 Å². The first kappa shape index (κ1) is 14.3. The van der Waals surface area contributed by atoms with Crippen molar-refractivity contribution < 1.29 is 9.21 Å². The fraction of sp³-hybridized carbons (Fsp3) is 0.333. The lowest BCUT2D eigenvalue weighted by atomic mass is 10.4. The lowest BCUT2D eigenvalue weighted by Gasteiger charge is -2.10. The number of hydrogen-bond acceptors (Lipinski definition) is 6. The Hall–Kier alpha value is -2.09. The van der Waals surface area contributed by atoms with Crippen LogP contribution < -0.4 is 5.32 Å². The Morgan fingerprint density at radius 2 is 2.55 bits per heavy atom. The van der Waals surface area contributed by atoms with Crippen molar-refractivity contribution >= 4 is 17.7 Å². The van der Waals surface area contributed by atoms with Gasteiger partial charge in [-0.15, -0.1) is 11.7 Å². The summed E-state index contributed by atoms with van der Waals surface area (Å²) >= 11 is 1.30. The first-order valence-electron chi connectivity index (χ1n) is 6.04. The number of aromatic nitrogens is 4. The van der Waals surface area contributed by atoms with Gasteiger partial charge in [-0.1, -0.05) is 17.8 Å². The third kappa shape index (κ3) is 3.70. The maximum atomic E-state index is 11.8. The summed E-state index contributed by atoms with van der Waals surface area (Å²) in [7, 11) is 0. The summed E-state index contributed by atoms with van der Waals surface area (Å²) in [5.41, 5.74) is 0. The molecule has 2 aromatic heterocycles. The lowest BCUT2D eigenvalue weighted by molar-refractivity contribution is -0.120. The molecule has 0 fully saturated rings. The van der Waals surface area contributed by atoms with Crippen LogP contribution in [0, 0.1) is 0 Å². The molecule has 20 heavy (non-hydrogen) atoms. The molecule has 1 N–H and O–H groups in total. The number of nitrogens with zero attached hydrogens (tertiary/aromatic N) is 4. The second-order valence-electron chi connectivity index (χ2n) is 3.99. The van der Waals surface area contributed by atoms with Gasteiger partial charge in [-0.2, -0.15) is 0 Å². The van der Waals surface area contributed by atoms with Crippen molar-refractivity contribution in [3.63, 3.8) is 0 Å². The minimum absolute atomic E-state index is 0.0811. The molecule has 0 radical (unpaired) electrons. The van der Waals surface area contributed by atoms with E-state index in [9.17, 15) is 4.79 Å². The number of carbonyl (C=O) groups is 1. The molecule has 0 bridgehead atoms. The number of rotatable bonds is 7. The summed E-state index contributed by atoms with van der Waals surface area (Å²) in [6.07, 6.45) is 3.23. The van der Waals surface area contributed by atoms with Crippen molar-refractivity contribution in [2.75, 3.05) is 6.54 Å². The molecule has 1 unspecified atom stereocenters. The molecule has 0 saturated heterocycles. The zero-order valence-corrected chi connectivity index (χ0v) is 11.8. The number of amides is 1. The quantitative estimate of drug-likeness (QED) is 0.607. The minimum Gasteiger partial charge on any atom is -0.467 e. The van der Waals surface area contributed by atoms with Gasteiger partial charge in [-0.05, 0) is 29.5 Å². The Labute approximate surface area is 120 Å². The molecular weight excluding hydrogens is 278 g/mol. The van der Waals surface area contributed by atoms with Gasteiger partial charge in [0.25, 0.3) is 0 Å². The van der Waals surface area contributed by atoms with Crippen LogP contribution in [0.5, 0.6) is 0 Å². The Kier molecular flexibility index (Phi) is 4.94. The molecule has 1 amide bonds. The third-order valence-electron chi connectivity index (χ3n) is 2.46. The van der Waals surface area contributed by atoms with Gasteiger partial charge in [-0.3, -0.25) is 4.79 Å². The van der Waals surface area contributed by atoms with Crippen LogP contribution in [0.2, 0.25) is 0 Å². The van der Waals surface area contributed by atoms with Crippen LogP contribution in [-0.4, -0.2) is 37.9 Å². The monoisotopic (exact) mass is 293 g/mol. The van der Waals surface area contributed by atoms with Gasteiger partial charge < -0.3 is 9.73 Å². The average Bonchev–Trinajstić information content (AvgIpc) is 3.09. The van der Waals surface area contributed by atoms with E-state index in [1.807, 2.05) is 6.07 Å². The summed E-state index contributed by atoms with van der Waals surface area (Å²) in [5, 5.41) is 14.5. The molecule has 1 atom stereocenters. The van der Waals surface area contributed by atoms with Crippen molar-refractivity contribution in [3.8, 4) is 0 Å². The molecule has 0 aliphatic rings. The zero-order chi connectivity index (χ0) is 14.4. The molecular formula is C12H15N5O2S. The molecule has 0 aliphatic heterocycles. The predicted octanol–water partition coefficient (Wildman–Crippen LogP) is 1.10. The predicted molar refractivity (Wildman–Crippen MR) is 74.2 cm³/mol. The van der Waals surface area contributed by atoms with Gasteiger partial charge in [0.2, 0.25) is 11.1 Å². The summed E-state index contributed by atoms with van der Waals surface area (Å²) in [6.45, 7) is 6.24. The van der Waals surface area contributed by atoms with Gasteiger partial charge in [0, 0.05) is 6.54 Å². The third-order valence-corrected chi connectivity index (χ3v) is 3.53. The van der Waals surface area contributed by atoms with E-state index in [4.69, 9.17) is 4.42 Å². The van der Waals surface area contributed by atoms with Gasteiger partial charge >= 0.3 is 0 Å². The largest absolute Gasteiger partial charge is 0.467 e. The Morgan fingerprint density at radius 3 is 3.25 bits per heavy atom. The van der Waals surface area contributed by atoms with Crippen LogP contribution in [0.4, 0.5) is 0 Å². The van der Waals surface area contributed by atoms with Crippen molar-refractivity contribution in [2.24, 2.45) is 0 Å². The summed E-state index contributed by atoms with van der Waals surface area (Å²) < 4.78 is 6.85. The SMILES string of the molecule is C=CCNC(=O)C(C)Sc1nnnn1Cc1ccco1. The van der Waals surface area contributed by atoms with Crippen molar-refractivity contribution in [1.29, 1.82) is 0 Å². The topological polar surface area (TPSA) is 85.8 Å². The van der Waals surface area contributed by atoms with E-state index in [1.165, 1.54) is 11.8 Å². The second-order valence-corrected chi connectivity index (χ2v) is 5.30. The molecule has 2 aromatic rings. The van der Waals surface area contributed by atoms with Crippen LogP contribution in [-0.2, 0) is 11.3 Å². The molecule has 2 heterocycles. The Bertz CT molecular complexity index is 566. The molecule has 7 nitrogen and oxygen atoms in total. The number of hydrogen-bond donors (Lipinski definition) is 1. The number of carbonyl (C=O) groups excluding carboxylic acids is 1. The maximum absolute atomic E-state index is 11.8. The fourth-order valence-corrected chi connectivity index (χ4v) is 2.27. The smallest absolute Gasteiger partial charge is 0.233 e. The Morgan fingerprint density at radius 1 is 1.70 bits per heavy atom. The number of nitrogens with one attached hydrogen (secondary N) is 1. The minimum atomic E-state index is -0.295. The van der Waals surface area contributed by atoms with Crippen LogP contribution in [0.3, 0.4) is 0 Å². The van der Waals surface area contributed by atoms with Gasteiger partial charge in [-0.25, -0.2) is 4.68 Å². The molecule has 0 saturated carbocycles. The van der Waals surface area contributed by atoms with Crippen molar-refractivity contribution in [3.05, 3.63) is 36.8 Å². The van der Waals surface area contributed by atoms with Crippen LogP contribution in [0.1, 0.15) is 12.7 Å². The standard InChI is InChI=1S/C12H15N5O2S/c1-3-6-13-11(18)9(2)20-12-14-15-16-17(12)8-10-5-4-7-19-10/h3-5,7,9H,1,6,8H2,2H3,(H,13,18). The number of thioether (sulfide) groups is 1. The lowest BCUT2D eigenvalue weighted by Crippen LogP contribution is -2.31. The molecule has 0 spiro atoms. The summed E-state index contributed by atoms with van der Waals surface area (Å²) in [4.78, 5) is 11.8. The molecule has 106 valence electrons. The average molecular weight is 293 g/mol. The maximum Gasteiger partial charge on any atom is 0.233 e. The van der Waals surface area contributed by atoms with Crippen LogP contribution in [0.25, 0.3) is 0 Å². The van der Waals surface area contributed by atoms with Crippen LogP contribution in [0.15, 0.2) is 40.6 Å². The summed E-state index contributed by atoms with van der Waals surface area (Å²) in [5.74, 6) is 0.672. The van der Waals surface area contributed by atoms with Gasteiger partial charge in [0.15, 0.2) is 0 Å². The van der Waals surface area contributed by atoms with Crippen molar-refractivity contribution in [1.82, 2.24) is 25.5 Å². The first-order chi connectivity index (χ1) is 9.70. The van der Waals surface area contributed by atoms with Crippen LogP contribution >= 0.6 is 11.8 Å². The van der Waals surface area contributed by atoms with E-state index in [0.717, 1.165) is 5.76 Å². The van der Waals surface area contributed by atoms with E-state index in [0.29, 0.717) is 18.2 Å².